The van der Waals surface area contributed by atoms with Crippen LogP contribution in [0.15, 0.2) is 0 Å². The highest BCUT2D eigenvalue weighted by Crippen LogP contribution is 2.04. The lowest BCUT2D eigenvalue weighted by Gasteiger charge is -2.22. The van der Waals surface area contributed by atoms with Crippen LogP contribution in [0.25, 0.3) is 0 Å². The van der Waals surface area contributed by atoms with E-state index in [1.165, 1.54) is 7.11 Å². The molecular weight excluding hydrogens is 276 g/mol. The normalized spacial score (nSPS) is 13.9. The number of methoxy groups -OCH3 is 1. The Labute approximate surface area is 112 Å². The summed E-state index contributed by atoms with van der Waals surface area (Å²) in [7, 11) is -2.80. The second kappa shape index (κ2) is 6.83. The zero-order chi connectivity index (χ0) is 15.3. The summed E-state index contributed by atoms with van der Waals surface area (Å²) in [4.78, 5) is 21.9. The summed E-state index contributed by atoms with van der Waals surface area (Å²) < 4.78 is 32.0. The lowest BCUT2D eigenvalue weighted by atomic mass is 10.1. The fourth-order valence-corrected chi connectivity index (χ4v) is 2.68. The third-order valence-electron chi connectivity index (χ3n) is 1.90. The number of carbonyl (C=O) groups is 2. The average molecular weight is 296 g/mol. The van der Waals surface area contributed by atoms with E-state index < -0.39 is 33.7 Å². The van der Waals surface area contributed by atoms with Gasteiger partial charge in [-0.05, 0) is 27.2 Å². The Morgan fingerprint density at radius 2 is 1.84 bits per heavy atom. The summed E-state index contributed by atoms with van der Waals surface area (Å²) in [5, 5.41) is 8.91. The lowest BCUT2D eigenvalue weighted by molar-refractivity contribution is -0.142. The molecule has 1 atom stereocenters. The average Bonchev–Trinajstić information content (AvgIpc) is 2.19. The number of esters is 1. The molecule has 0 bridgehead atoms. The number of carboxylic acid groups (broad SMARTS) is 1. The van der Waals surface area contributed by atoms with Crippen LogP contribution in [-0.2, 0) is 24.5 Å². The van der Waals surface area contributed by atoms with Crippen molar-refractivity contribution in [3.05, 3.63) is 0 Å². The maximum Gasteiger partial charge on any atom is 0.321 e. The standard InChI is InChI=1S/C10H20N2O6S/c1-10(2,3)12-19(16,17)11-7(9(14)15)5-6-8(13)18-4/h7,11-12H,5-6H2,1-4H3,(H,14,15)/t7-/m0/s1. The van der Waals surface area contributed by atoms with Gasteiger partial charge in [-0.2, -0.15) is 17.9 Å². The van der Waals surface area contributed by atoms with Gasteiger partial charge in [-0.15, -0.1) is 0 Å². The summed E-state index contributed by atoms with van der Waals surface area (Å²) in [6.07, 6.45) is -0.376. The molecule has 9 heteroatoms. The molecule has 0 aliphatic carbocycles. The summed E-state index contributed by atoms with van der Waals surface area (Å²) >= 11 is 0. The molecule has 112 valence electrons. The zero-order valence-corrected chi connectivity index (χ0v) is 12.2. The minimum Gasteiger partial charge on any atom is -0.480 e. The molecule has 0 aromatic carbocycles. The van der Waals surface area contributed by atoms with Crippen LogP contribution in [0.4, 0.5) is 0 Å². The SMILES string of the molecule is COC(=O)CC[C@H](NS(=O)(=O)NC(C)(C)C)C(=O)O. The quantitative estimate of drug-likeness (QED) is 0.550. The largest absolute Gasteiger partial charge is 0.480 e. The molecule has 0 saturated heterocycles. The molecule has 0 rings (SSSR count). The van der Waals surface area contributed by atoms with E-state index in [4.69, 9.17) is 5.11 Å². The summed E-state index contributed by atoms with van der Waals surface area (Å²) in [5.74, 6) is -1.96. The van der Waals surface area contributed by atoms with Crippen molar-refractivity contribution in [2.24, 2.45) is 0 Å². The molecule has 0 aliphatic rings. The second-order valence-electron chi connectivity index (χ2n) is 4.98. The Balaban J connectivity index is 4.67. The Morgan fingerprint density at radius 1 is 1.32 bits per heavy atom. The molecule has 0 heterocycles. The maximum atomic E-state index is 11.7. The fraction of sp³-hybridized carbons (Fsp3) is 0.800. The van der Waals surface area contributed by atoms with E-state index in [-0.39, 0.29) is 12.8 Å². The van der Waals surface area contributed by atoms with Gasteiger partial charge in [-0.25, -0.2) is 0 Å². The third-order valence-corrected chi connectivity index (χ3v) is 3.38. The summed E-state index contributed by atoms with van der Waals surface area (Å²) in [6.45, 7) is 4.86. The molecule has 0 aromatic rings. The Kier molecular flexibility index (Phi) is 6.40. The van der Waals surface area contributed by atoms with Crippen LogP contribution >= 0.6 is 0 Å². The molecule has 19 heavy (non-hydrogen) atoms. The zero-order valence-electron chi connectivity index (χ0n) is 11.4. The predicted octanol–water partition coefficient (Wildman–Crippen LogP) is -0.385. The number of carbonyl (C=O) groups excluding carboxylic acids is 1. The van der Waals surface area contributed by atoms with E-state index in [1.807, 2.05) is 4.72 Å². The van der Waals surface area contributed by atoms with Gasteiger partial charge >= 0.3 is 11.9 Å². The molecule has 0 saturated carbocycles. The van der Waals surface area contributed by atoms with Crippen molar-refractivity contribution in [2.45, 2.75) is 45.2 Å². The first kappa shape index (κ1) is 17.8. The van der Waals surface area contributed by atoms with Gasteiger partial charge in [0.15, 0.2) is 0 Å². The number of aliphatic carboxylic acids is 1. The van der Waals surface area contributed by atoms with Crippen molar-refractivity contribution in [2.75, 3.05) is 7.11 Å². The van der Waals surface area contributed by atoms with Crippen LogP contribution in [-0.4, -0.2) is 44.2 Å². The van der Waals surface area contributed by atoms with Crippen LogP contribution in [0.5, 0.6) is 0 Å². The molecule has 3 N–H and O–H groups in total. The summed E-state index contributed by atoms with van der Waals surface area (Å²) in [5.41, 5.74) is -0.739. The minimum absolute atomic E-state index is 0.187. The van der Waals surface area contributed by atoms with Crippen molar-refractivity contribution < 1.29 is 27.9 Å². The lowest BCUT2D eigenvalue weighted by Crippen LogP contribution is -2.51. The van der Waals surface area contributed by atoms with Gasteiger partial charge in [0.25, 0.3) is 10.2 Å². The highest BCUT2D eigenvalue weighted by Gasteiger charge is 2.27. The van der Waals surface area contributed by atoms with E-state index in [9.17, 15) is 18.0 Å². The molecule has 0 radical (unpaired) electrons. The number of carboxylic acids is 1. The molecule has 0 unspecified atom stereocenters. The second-order valence-corrected chi connectivity index (χ2v) is 6.43. The first-order chi connectivity index (χ1) is 8.47. The molecule has 8 nitrogen and oxygen atoms in total. The van der Waals surface area contributed by atoms with Crippen LogP contribution in [0.3, 0.4) is 0 Å². The molecule has 0 amide bonds. The molecular formula is C10H20N2O6S. The number of ether oxygens (including phenoxy) is 1. The number of hydrogen-bond acceptors (Lipinski definition) is 5. The number of hydrogen-bond donors (Lipinski definition) is 3. The van der Waals surface area contributed by atoms with Crippen molar-refractivity contribution >= 4 is 22.1 Å². The molecule has 0 aromatic heterocycles. The van der Waals surface area contributed by atoms with Crippen LogP contribution < -0.4 is 9.44 Å². The monoisotopic (exact) mass is 296 g/mol. The highest BCUT2D eigenvalue weighted by molar-refractivity contribution is 7.87. The number of nitrogens with one attached hydrogen (secondary N) is 2. The topological polar surface area (TPSA) is 122 Å². The van der Waals surface area contributed by atoms with Crippen molar-refractivity contribution in [3.8, 4) is 0 Å². The van der Waals surface area contributed by atoms with E-state index >= 15 is 0 Å². The molecule has 0 aliphatic heterocycles. The van der Waals surface area contributed by atoms with Gasteiger partial charge in [0.05, 0.1) is 7.11 Å². The Bertz CT molecular complexity index is 426. The van der Waals surface area contributed by atoms with Crippen LogP contribution in [0.1, 0.15) is 33.6 Å². The highest BCUT2D eigenvalue weighted by atomic mass is 32.2. The van der Waals surface area contributed by atoms with Crippen LogP contribution in [0, 0.1) is 0 Å². The predicted molar refractivity (Wildman–Crippen MR) is 67.6 cm³/mol. The van der Waals surface area contributed by atoms with E-state index in [1.54, 1.807) is 20.8 Å². The van der Waals surface area contributed by atoms with Crippen molar-refractivity contribution in [1.82, 2.24) is 9.44 Å². The third kappa shape index (κ3) is 8.51. The van der Waals surface area contributed by atoms with E-state index in [2.05, 4.69) is 9.46 Å². The van der Waals surface area contributed by atoms with Crippen molar-refractivity contribution in [3.63, 3.8) is 0 Å². The van der Waals surface area contributed by atoms with Crippen molar-refractivity contribution in [1.29, 1.82) is 0 Å². The summed E-state index contributed by atoms with van der Waals surface area (Å²) in [6, 6.07) is -1.39. The molecule has 0 fully saturated rings. The van der Waals surface area contributed by atoms with Gasteiger partial charge in [0, 0.05) is 12.0 Å². The molecule has 0 spiro atoms. The minimum atomic E-state index is -3.97. The van der Waals surface area contributed by atoms with Gasteiger partial charge in [-0.1, -0.05) is 0 Å². The maximum absolute atomic E-state index is 11.7. The van der Waals surface area contributed by atoms with Gasteiger partial charge in [0.2, 0.25) is 0 Å². The first-order valence-electron chi connectivity index (χ1n) is 5.57. The van der Waals surface area contributed by atoms with Gasteiger partial charge in [-0.3, -0.25) is 9.59 Å². The van der Waals surface area contributed by atoms with Gasteiger partial charge in [0.1, 0.15) is 6.04 Å². The smallest absolute Gasteiger partial charge is 0.321 e. The van der Waals surface area contributed by atoms with E-state index in [0.717, 1.165) is 0 Å². The van der Waals surface area contributed by atoms with E-state index in [0.29, 0.717) is 0 Å². The number of rotatable bonds is 7. The first-order valence-corrected chi connectivity index (χ1v) is 7.06. The van der Waals surface area contributed by atoms with Gasteiger partial charge < -0.3 is 9.84 Å². The fourth-order valence-electron chi connectivity index (χ4n) is 1.22. The Hall–Kier alpha value is -1.19. The van der Waals surface area contributed by atoms with Crippen LogP contribution in [0.2, 0.25) is 0 Å². The Morgan fingerprint density at radius 3 is 2.21 bits per heavy atom.